The van der Waals surface area contributed by atoms with Crippen LogP contribution in [0.2, 0.25) is 5.02 Å². The fourth-order valence-electron chi connectivity index (χ4n) is 2.80. The number of benzene rings is 2. The molecular formula is C23H29ClN2O2S. The van der Waals surface area contributed by atoms with E-state index in [1.165, 1.54) is 5.56 Å². The third kappa shape index (κ3) is 8.11. The van der Waals surface area contributed by atoms with Crippen LogP contribution in [0.4, 0.5) is 0 Å². The third-order valence-electron chi connectivity index (χ3n) is 4.24. The molecule has 1 atom stereocenters. The van der Waals surface area contributed by atoms with E-state index in [1.54, 1.807) is 29.7 Å². The van der Waals surface area contributed by atoms with Crippen molar-refractivity contribution in [1.82, 2.24) is 10.2 Å². The maximum Gasteiger partial charge on any atom is 0.242 e. The van der Waals surface area contributed by atoms with Gasteiger partial charge in [-0.2, -0.15) is 0 Å². The minimum absolute atomic E-state index is 0.0672. The van der Waals surface area contributed by atoms with E-state index >= 15 is 0 Å². The number of hydrogen-bond donors (Lipinski definition) is 1. The van der Waals surface area contributed by atoms with Crippen LogP contribution in [0.15, 0.2) is 54.6 Å². The molecule has 0 aliphatic carbocycles. The van der Waals surface area contributed by atoms with Crippen LogP contribution in [-0.4, -0.2) is 34.0 Å². The lowest BCUT2D eigenvalue weighted by atomic mass is 10.1. The lowest BCUT2D eigenvalue weighted by Crippen LogP contribution is -2.52. The van der Waals surface area contributed by atoms with Crippen LogP contribution in [0.5, 0.6) is 0 Å². The first-order chi connectivity index (χ1) is 13.7. The molecule has 0 aliphatic rings. The first-order valence-electron chi connectivity index (χ1n) is 9.63. The largest absolute Gasteiger partial charge is 0.350 e. The lowest BCUT2D eigenvalue weighted by Gasteiger charge is -2.31. The van der Waals surface area contributed by atoms with E-state index in [0.29, 0.717) is 17.3 Å². The van der Waals surface area contributed by atoms with E-state index < -0.39 is 6.04 Å². The maximum atomic E-state index is 13.0. The molecule has 0 aromatic heterocycles. The zero-order valence-corrected chi connectivity index (χ0v) is 19.0. The Bertz CT molecular complexity index is 821. The number of amides is 2. The van der Waals surface area contributed by atoms with Gasteiger partial charge >= 0.3 is 0 Å². The average Bonchev–Trinajstić information content (AvgIpc) is 2.65. The fraction of sp³-hybridized carbons (Fsp3) is 0.391. The Balaban J connectivity index is 2.09. The van der Waals surface area contributed by atoms with Gasteiger partial charge in [0.05, 0.1) is 5.75 Å². The highest BCUT2D eigenvalue weighted by atomic mass is 35.5. The van der Waals surface area contributed by atoms with Crippen molar-refractivity contribution >= 4 is 35.2 Å². The van der Waals surface area contributed by atoms with E-state index in [0.717, 1.165) is 11.3 Å². The monoisotopic (exact) mass is 432 g/mol. The fourth-order valence-corrected chi connectivity index (χ4v) is 3.89. The second kappa shape index (κ2) is 10.7. The van der Waals surface area contributed by atoms with Gasteiger partial charge in [-0.15, -0.1) is 11.8 Å². The number of nitrogens with one attached hydrogen (secondary N) is 1. The molecule has 0 saturated carbocycles. The minimum Gasteiger partial charge on any atom is -0.350 e. The second-order valence-electron chi connectivity index (χ2n) is 8.05. The smallest absolute Gasteiger partial charge is 0.242 e. The van der Waals surface area contributed by atoms with E-state index in [-0.39, 0.29) is 17.4 Å². The molecule has 6 heteroatoms. The highest BCUT2D eigenvalue weighted by Gasteiger charge is 2.28. The molecule has 0 bridgehead atoms. The number of thioether (sulfide) groups is 1. The molecule has 156 valence electrons. The highest BCUT2D eigenvalue weighted by molar-refractivity contribution is 7.99. The molecule has 0 radical (unpaired) electrons. The molecule has 0 heterocycles. The highest BCUT2D eigenvalue weighted by Crippen LogP contribution is 2.18. The molecule has 2 rings (SSSR count). The number of carbonyl (C=O) groups is 2. The summed E-state index contributed by atoms with van der Waals surface area (Å²) < 4.78 is 0. The van der Waals surface area contributed by atoms with Gasteiger partial charge in [-0.3, -0.25) is 9.59 Å². The van der Waals surface area contributed by atoms with Crippen molar-refractivity contribution < 1.29 is 9.59 Å². The predicted molar refractivity (Wildman–Crippen MR) is 122 cm³/mol. The molecule has 0 fully saturated rings. The molecule has 2 amide bonds. The Morgan fingerprint density at radius 3 is 2.34 bits per heavy atom. The molecule has 0 aliphatic heterocycles. The Labute approximate surface area is 183 Å². The van der Waals surface area contributed by atoms with Crippen LogP contribution in [0.25, 0.3) is 0 Å². The van der Waals surface area contributed by atoms with Crippen LogP contribution in [-0.2, 0) is 21.9 Å². The summed E-state index contributed by atoms with van der Waals surface area (Å²) in [4.78, 5) is 27.4. The SMILES string of the molecule is C[C@@H](C(=O)NC(C)(C)C)N(Cc1cccc(Cl)c1)C(=O)CSCc1ccccc1. The van der Waals surface area contributed by atoms with Crippen molar-refractivity contribution in [3.8, 4) is 0 Å². The number of nitrogens with zero attached hydrogens (tertiary/aromatic N) is 1. The molecule has 1 N–H and O–H groups in total. The van der Waals surface area contributed by atoms with Gasteiger partial charge in [0.25, 0.3) is 0 Å². The van der Waals surface area contributed by atoms with Gasteiger partial charge in [0.1, 0.15) is 6.04 Å². The van der Waals surface area contributed by atoms with Crippen LogP contribution >= 0.6 is 23.4 Å². The summed E-state index contributed by atoms with van der Waals surface area (Å²) in [5.74, 6) is 0.825. The van der Waals surface area contributed by atoms with Gasteiger partial charge in [-0.25, -0.2) is 0 Å². The Morgan fingerprint density at radius 1 is 1.07 bits per heavy atom. The second-order valence-corrected chi connectivity index (χ2v) is 9.47. The van der Waals surface area contributed by atoms with Gasteiger partial charge in [-0.1, -0.05) is 54.1 Å². The molecule has 0 unspecified atom stereocenters. The van der Waals surface area contributed by atoms with E-state index in [4.69, 9.17) is 11.6 Å². The lowest BCUT2D eigenvalue weighted by molar-refractivity contribution is -0.139. The summed E-state index contributed by atoms with van der Waals surface area (Å²) in [6, 6.07) is 16.8. The summed E-state index contributed by atoms with van der Waals surface area (Å²) in [5, 5.41) is 3.58. The zero-order chi connectivity index (χ0) is 21.4. The molecule has 0 saturated heterocycles. The molecular weight excluding hydrogens is 404 g/mol. The van der Waals surface area contributed by atoms with Crippen molar-refractivity contribution in [1.29, 1.82) is 0 Å². The van der Waals surface area contributed by atoms with Crippen LogP contribution in [0.1, 0.15) is 38.8 Å². The summed E-state index contributed by atoms with van der Waals surface area (Å²) >= 11 is 7.65. The summed E-state index contributed by atoms with van der Waals surface area (Å²) in [7, 11) is 0. The standard InChI is InChI=1S/C23H29ClN2O2S/c1-17(22(28)25-23(2,3)4)26(14-19-11-8-12-20(24)13-19)21(27)16-29-15-18-9-6-5-7-10-18/h5-13,17H,14-16H2,1-4H3,(H,25,28)/t17-/m0/s1. The number of carbonyl (C=O) groups excluding carboxylic acids is 2. The topological polar surface area (TPSA) is 49.4 Å². The van der Waals surface area contributed by atoms with Crippen LogP contribution < -0.4 is 5.32 Å². The van der Waals surface area contributed by atoms with E-state index in [1.807, 2.05) is 69.3 Å². The number of hydrogen-bond acceptors (Lipinski definition) is 3. The Morgan fingerprint density at radius 2 is 1.72 bits per heavy atom. The first kappa shape index (κ1) is 23.3. The third-order valence-corrected chi connectivity index (χ3v) is 5.47. The van der Waals surface area contributed by atoms with Crippen molar-refractivity contribution in [2.45, 2.75) is 51.6 Å². The minimum atomic E-state index is -0.585. The summed E-state index contributed by atoms with van der Waals surface area (Å²) in [6.07, 6.45) is 0. The first-order valence-corrected chi connectivity index (χ1v) is 11.2. The van der Waals surface area contributed by atoms with Gasteiger partial charge in [0.15, 0.2) is 0 Å². The summed E-state index contributed by atoms with van der Waals surface area (Å²) in [6.45, 7) is 7.89. The molecule has 4 nitrogen and oxygen atoms in total. The molecule has 29 heavy (non-hydrogen) atoms. The van der Waals surface area contributed by atoms with Gasteiger partial charge in [-0.05, 0) is 51.0 Å². The predicted octanol–water partition coefficient (Wildman–Crippen LogP) is 4.91. The normalized spacial score (nSPS) is 12.3. The van der Waals surface area contributed by atoms with Crippen molar-refractivity contribution in [3.05, 3.63) is 70.7 Å². The molecule has 2 aromatic carbocycles. The van der Waals surface area contributed by atoms with Crippen LogP contribution in [0, 0.1) is 0 Å². The number of halogens is 1. The molecule has 0 spiro atoms. The van der Waals surface area contributed by atoms with Crippen molar-refractivity contribution in [2.24, 2.45) is 0 Å². The molecule has 2 aromatic rings. The van der Waals surface area contributed by atoms with E-state index in [9.17, 15) is 9.59 Å². The Kier molecular flexibility index (Phi) is 8.60. The van der Waals surface area contributed by atoms with Gasteiger partial charge < -0.3 is 10.2 Å². The summed E-state index contributed by atoms with van der Waals surface area (Å²) in [5.41, 5.74) is 1.71. The maximum absolute atomic E-state index is 13.0. The van der Waals surface area contributed by atoms with Crippen molar-refractivity contribution in [3.63, 3.8) is 0 Å². The quantitative estimate of drug-likeness (QED) is 0.645. The zero-order valence-electron chi connectivity index (χ0n) is 17.4. The Hall–Kier alpha value is -1.98. The van der Waals surface area contributed by atoms with Crippen LogP contribution in [0.3, 0.4) is 0 Å². The average molecular weight is 433 g/mol. The van der Waals surface area contributed by atoms with Gasteiger partial charge in [0.2, 0.25) is 11.8 Å². The van der Waals surface area contributed by atoms with Crippen molar-refractivity contribution in [2.75, 3.05) is 5.75 Å². The van der Waals surface area contributed by atoms with E-state index in [2.05, 4.69) is 5.32 Å². The number of rotatable bonds is 8. The van der Waals surface area contributed by atoms with Gasteiger partial charge in [0, 0.05) is 22.9 Å².